The van der Waals surface area contributed by atoms with Gasteiger partial charge in [0.1, 0.15) is 18.2 Å². The molecule has 7 rings (SSSR count). The fourth-order valence-electron chi connectivity index (χ4n) is 6.09. The summed E-state index contributed by atoms with van der Waals surface area (Å²) in [4.78, 5) is 26.7. The molecule has 6 aromatic rings. The number of nitrogens with zero attached hydrogens (tertiary/aromatic N) is 4. The van der Waals surface area contributed by atoms with E-state index in [2.05, 4.69) is 33.8 Å². The number of fused-ring (bicyclic) bond motifs is 2. The molecule has 0 atom stereocenters. The first kappa shape index (κ1) is 26.3. The molecule has 0 radical (unpaired) electrons. The summed E-state index contributed by atoms with van der Waals surface area (Å²) >= 11 is 1.58. The molecule has 1 fully saturated rings. The molecule has 1 saturated carbocycles. The van der Waals surface area contributed by atoms with Crippen LogP contribution in [-0.4, -0.2) is 30.6 Å². The van der Waals surface area contributed by atoms with Gasteiger partial charge in [-0.1, -0.05) is 55.3 Å². The monoisotopic (exact) mass is 574 g/mol. The van der Waals surface area contributed by atoms with Crippen molar-refractivity contribution < 1.29 is 14.6 Å². The third-order valence-electron chi connectivity index (χ3n) is 8.35. The highest BCUT2D eigenvalue weighted by Crippen LogP contribution is 2.42. The largest absolute Gasteiger partial charge is 0.487 e. The van der Waals surface area contributed by atoms with Crippen LogP contribution in [-0.2, 0) is 24.4 Å². The molecule has 210 valence electrons. The second-order valence-corrected chi connectivity index (χ2v) is 11.8. The Hall–Kier alpha value is -4.56. The number of thiazole rings is 1. The van der Waals surface area contributed by atoms with Gasteiger partial charge in [0.15, 0.2) is 0 Å². The van der Waals surface area contributed by atoms with Crippen molar-refractivity contribution in [3.05, 3.63) is 107 Å². The van der Waals surface area contributed by atoms with Gasteiger partial charge < -0.3 is 14.4 Å². The van der Waals surface area contributed by atoms with Crippen LogP contribution >= 0.6 is 11.3 Å². The summed E-state index contributed by atoms with van der Waals surface area (Å²) < 4.78 is 8.33. The number of rotatable bonds is 9. The molecule has 0 saturated heterocycles. The fraction of sp³-hybridized carbons (Fsp3) is 0.235. The first-order valence-corrected chi connectivity index (χ1v) is 15.2. The molecule has 3 aromatic carbocycles. The molecular formula is C34H30N4O3S. The highest BCUT2D eigenvalue weighted by Gasteiger charge is 2.42. The fourth-order valence-corrected chi connectivity index (χ4v) is 6.66. The lowest BCUT2D eigenvalue weighted by molar-refractivity contribution is -0.148. The summed E-state index contributed by atoms with van der Waals surface area (Å²) in [6.45, 7) is 0.927. The van der Waals surface area contributed by atoms with E-state index >= 15 is 0 Å². The molecule has 3 aromatic heterocycles. The van der Waals surface area contributed by atoms with Crippen LogP contribution in [0.5, 0.6) is 5.75 Å². The van der Waals surface area contributed by atoms with E-state index in [1.807, 2.05) is 65.5 Å². The molecule has 0 aliphatic heterocycles. The summed E-state index contributed by atoms with van der Waals surface area (Å²) in [5, 5.41) is 13.4. The second-order valence-electron chi connectivity index (χ2n) is 11.1. The van der Waals surface area contributed by atoms with E-state index < -0.39 is 11.4 Å². The highest BCUT2D eigenvalue weighted by atomic mass is 32.1. The Balaban J connectivity index is 1.21. The van der Waals surface area contributed by atoms with Crippen LogP contribution in [0.2, 0.25) is 0 Å². The van der Waals surface area contributed by atoms with Crippen LogP contribution in [0.1, 0.15) is 42.8 Å². The summed E-state index contributed by atoms with van der Waals surface area (Å²) in [5.74, 6) is 0.769. The zero-order chi connectivity index (χ0) is 28.5. The van der Waals surface area contributed by atoms with Gasteiger partial charge >= 0.3 is 5.97 Å². The Kier molecular flexibility index (Phi) is 6.91. The van der Waals surface area contributed by atoms with Crippen molar-refractivity contribution in [1.29, 1.82) is 0 Å². The third-order valence-corrected chi connectivity index (χ3v) is 8.93. The number of hydrogen-bond acceptors (Lipinski definition) is 6. The molecule has 42 heavy (non-hydrogen) atoms. The van der Waals surface area contributed by atoms with Crippen molar-refractivity contribution in [2.24, 2.45) is 5.41 Å². The molecular weight excluding hydrogens is 544 g/mol. The van der Waals surface area contributed by atoms with Crippen LogP contribution in [0.25, 0.3) is 33.2 Å². The number of hydrogen-bond donors (Lipinski definition) is 1. The van der Waals surface area contributed by atoms with Crippen LogP contribution in [0, 0.1) is 5.41 Å². The van der Waals surface area contributed by atoms with Crippen LogP contribution in [0.3, 0.4) is 0 Å². The predicted octanol–water partition coefficient (Wildman–Crippen LogP) is 7.52. The highest BCUT2D eigenvalue weighted by molar-refractivity contribution is 7.07. The number of benzene rings is 3. The molecule has 0 spiro atoms. The van der Waals surface area contributed by atoms with Crippen molar-refractivity contribution >= 4 is 39.2 Å². The molecule has 1 aliphatic carbocycles. The van der Waals surface area contributed by atoms with E-state index in [0.717, 1.165) is 63.1 Å². The number of ether oxygens (including phenoxy) is 1. The maximum absolute atomic E-state index is 12.5. The number of carbonyl (C=O) groups is 1. The Morgan fingerprint density at radius 1 is 0.952 bits per heavy atom. The van der Waals surface area contributed by atoms with Crippen molar-refractivity contribution in [2.75, 3.05) is 0 Å². The predicted molar refractivity (Wildman–Crippen MR) is 165 cm³/mol. The normalized spacial score (nSPS) is 14.5. The average molecular weight is 575 g/mol. The molecule has 1 N–H and O–H groups in total. The zero-order valence-corrected chi connectivity index (χ0v) is 23.9. The number of carboxylic acid groups (broad SMARTS) is 1. The van der Waals surface area contributed by atoms with E-state index in [9.17, 15) is 9.90 Å². The second kappa shape index (κ2) is 11.0. The minimum absolute atomic E-state index is 0.343. The Bertz CT molecular complexity index is 1890. The quantitative estimate of drug-likeness (QED) is 0.192. The van der Waals surface area contributed by atoms with E-state index in [1.54, 1.807) is 11.3 Å². The van der Waals surface area contributed by atoms with Gasteiger partial charge in [-0.25, -0.2) is 15.0 Å². The van der Waals surface area contributed by atoms with Gasteiger partial charge in [-0.2, -0.15) is 0 Å². The Morgan fingerprint density at radius 3 is 2.67 bits per heavy atom. The smallest absolute Gasteiger partial charge is 0.310 e. The maximum atomic E-state index is 12.5. The first-order valence-electron chi connectivity index (χ1n) is 14.2. The van der Waals surface area contributed by atoms with Gasteiger partial charge in [0, 0.05) is 35.4 Å². The van der Waals surface area contributed by atoms with Gasteiger partial charge in [-0.15, -0.1) is 11.3 Å². The first-order chi connectivity index (χ1) is 20.6. The molecule has 7 nitrogen and oxygen atoms in total. The maximum Gasteiger partial charge on any atom is 0.310 e. The molecule has 3 heterocycles. The van der Waals surface area contributed by atoms with E-state index in [0.29, 0.717) is 38.2 Å². The lowest BCUT2D eigenvalue weighted by Crippen LogP contribution is -2.31. The number of aromatic nitrogens is 4. The van der Waals surface area contributed by atoms with Crippen LogP contribution < -0.4 is 4.74 Å². The molecule has 8 heteroatoms. The van der Waals surface area contributed by atoms with Crippen molar-refractivity contribution in [1.82, 2.24) is 19.5 Å². The lowest BCUT2D eigenvalue weighted by atomic mass is 9.82. The number of imidazole rings is 1. The Labute approximate surface area is 247 Å². The minimum atomic E-state index is -0.775. The molecule has 1 aliphatic rings. The number of pyridine rings is 1. The molecule has 0 bridgehead atoms. The summed E-state index contributed by atoms with van der Waals surface area (Å²) in [5.41, 5.74) is 7.74. The van der Waals surface area contributed by atoms with Gasteiger partial charge in [0.25, 0.3) is 0 Å². The minimum Gasteiger partial charge on any atom is -0.487 e. The topological polar surface area (TPSA) is 90.1 Å². The SMILES string of the molecule is O=C(O)C1(Cc2nc3cc(OCc4ccc5ccccc5n4)ccc3n2Cc2cccc(-c3cscn3)c2)CCCC1. The van der Waals surface area contributed by atoms with Gasteiger partial charge in [0.2, 0.25) is 0 Å². The molecule has 0 amide bonds. The number of aliphatic carboxylic acids is 1. The van der Waals surface area contributed by atoms with Gasteiger partial charge in [-0.3, -0.25) is 4.79 Å². The summed E-state index contributed by atoms with van der Waals surface area (Å²) in [7, 11) is 0. The van der Waals surface area contributed by atoms with E-state index in [4.69, 9.17) is 14.7 Å². The van der Waals surface area contributed by atoms with Crippen molar-refractivity contribution in [3.63, 3.8) is 0 Å². The summed E-state index contributed by atoms with van der Waals surface area (Å²) in [6, 6.07) is 26.4. The number of carboxylic acids is 1. The zero-order valence-electron chi connectivity index (χ0n) is 23.1. The molecule has 0 unspecified atom stereocenters. The number of para-hydroxylation sites is 1. The van der Waals surface area contributed by atoms with E-state index in [-0.39, 0.29) is 0 Å². The van der Waals surface area contributed by atoms with Crippen molar-refractivity contribution in [3.8, 4) is 17.0 Å². The lowest BCUT2D eigenvalue weighted by Gasteiger charge is -2.24. The van der Waals surface area contributed by atoms with Gasteiger partial charge in [0.05, 0.1) is 38.9 Å². The standard InChI is InChI=1S/C34H30N4O3S/c39-33(40)34(14-3-4-15-34)18-32-37-29-17-27(41-20-26-11-10-24-7-1-2-9-28(24)36-26)12-13-31(29)38(32)19-23-6-5-8-25(16-23)30-21-42-22-35-30/h1-2,5-13,16-17,21-22H,3-4,14-15,18-20H2,(H,39,40). The summed E-state index contributed by atoms with van der Waals surface area (Å²) in [6.07, 6.45) is 3.63. The van der Waals surface area contributed by atoms with Gasteiger partial charge in [-0.05, 0) is 48.7 Å². The third kappa shape index (κ3) is 5.14. The van der Waals surface area contributed by atoms with Crippen LogP contribution in [0.15, 0.2) is 89.8 Å². The average Bonchev–Trinajstić information content (AvgIpc) is 3.78. The van der Waals surface area contributed by atoms with E-state index in [1.165, 1.54) is 0 Å². The van der Waals surface area contributed by atoms with Crippen molar-refractivity contribution in [2.45, 2.75) is 45.3 Å². The van der Waals surface area contributed by atoms with Crippen LogP contribution in [0.4, 0.5) is 0 Å². The Morgan fingerprint density at radius 2 is 1.83 bits per heavy atom.